The fourth-order valence-corrected chi connectivity index (χ4v) is 3.23. The predicted molar refractivity (Wildman–Crippen MR) is 57.9 cm³/mol. The maximum absolute atomic E-state index is 5.76. The zero-order chi connectivity index (χ0) is 9.14. The van der Waals surface area contributed by atoms with Crippen molar-refractivity contribution < 1.29 is 0 Å². The third kappa shape index (κ3) is 2.81. The lowest BCUT2D eigenvalue weighted by Crippen LogP contribution is -2.01. The molecule has 1 nitrogen and oxygen atoms in total. The molecule has 1 aromatic heterocycles. The van der Waals surface area contributed by atoms with Crippen molar-refractivity contribution in [1.29, 1.82) is 0 Å². The van der Waals surface area contributed by atoms with E-state index in [0.717, 1.165) is 0 Å². The van der Waals surface area contributed by atoms with E-state index in [1.54, 1.807) is 0 Å². The molecule has 0 aliphatic carbocycles. The first-order chi connectivity index (χ1) is 5.59. The number of hydrogen-bond acceptors (Lipinski definition) is 3. The fourth-order valence-electron chi connectivity index (χ4n) is 0.875. The molecule has 0 aromatic carbocycles. The van der Waals surface area contributed by atoms with Crippen LogP contribution in [0.15, 0.2) is 16.3 Å². The Morgan fingerprint density at radius 1 is 1.33 bits per heavy atom. The second-order valence-electron chi connectivity index (χ2n) is 3.11. The molecule has 0 bridgehead atoms. The van der Waals surface area contributed by atoms with Crippen molar-refractivity contribution >= 4 is 23.1 Å². The minimum absolute atomic E-state index is 0.177. The topological polar surface area (TPSA) is 26.0 Å². The number of thioether (sulfide) groups is 1. The Hall–Kier alpha value is 0.01000. The van der Waals surface area contributed by atoms with Crippen LogP contribution in [-0.2, 0) is 0 Å². The van der Waals surface area contributed by atoms with E-state index in [-0.39, 0.29) is 6.04 Å². The molecule has 1 unspecified atom stereocenters. The van der Waals surface area contributed by atoms with Crippen LogP contribution in [0, 0.1) is 0 Å². The first-order valence-electron chi connectivity index (χ1n) is 4.11. The molecule has 12 heavy (non-hydrogen) atoms. The van der Waals surface area contributed by atoms with Crippen molar-refractivity contribution in [1.82, 2.24) is 0 Å². The Morgan fingerprint density at radius 3 is 2.42 bits per heavy atom. The summed E-state index contributed by atoms with van der Waals surface area (Å²) in [5.74, 6) is 0. The predicted octanol–water partition coefficient (Wildman–Crippen LogP) is 3.27. The van der Waals surface area contributed by atoms with Crippen LogP contribution in [0.5, 0.6) is 0 Å². The highest BCUT2D eigenvalue weighted by Gasteiger charge is 2.05. The van der Waals surface area contributed by atoms with Crippen LogP contribution in [0.4, 0.5) is 0 Å². The number of thiophene rings is 1. The van der Waals surface area contributed by atoms with Gasteiger partial charge in [0.25, 0.3) is 0 Å². The molecule has 0 radical (unpaired) electrons. The van der Waals surface area contributed by atoms with Gasteiger partial charge in [-0.15, -0.1) is 23.1 Å². The SMILES string of the molecule is CC(C)Sc1ccc(C(C)N)s1. The van der Waals surface area contributed by atoms with E-state index in [2.05, 4.69) is 26.0 Å². The standard InChI is InChI=1S/C9H15NS2/c1-6(2)11-9-5-4-8(12-9)7(3)10/h4-7H,10H2,1-3H3. The van der Waals surface area contributed by atoms with E-state index in [1.807, 2.05) is 30.0 Å². The van der Waals surface area contributed by atoms with Gasteiger partial charge in [-0.1, -0.05) is 13.8 Å². The van der Waals surface area contributed by atoms with Crippen LogP contribution in [0.1, 0.15) is 31.7 Å². The molecule has 0 saturated carbocycles. The van der Waals surface area contributed by atoms with Crippen LogP contribution in [-0.4, -0.2) is 5.25 Å². The van der Waals surface area contributed by atoms with Crippen LogP contribution in [0.25, 0.3) is 0 Å². The quantitative estimate of drug-likeness (QED) is 0.760. The van der Waals surface area contributed by atoms with Crippen molar-refractivity contribution in [2.24, 2.45) is 5.73 Å². The van der Waals surface area contributed by atoms with Gasteiger partial charge in [-0.25, -0.2) is 0 Å². The number of hydrogen-bond donors (Lipinski definition) is 1. The summed E-state index contributed by atoms with van der Waals surface area (Å²) in [6.07, 6.45) is 0. The third-order valence-corrected chi connectivity index (χ3v) is 3.86. The molecule has 0 aliphatic heterocycles. The molecule has 3 heteroatoms. The molecule has 1 heterocycles. The van der Waals surface area contributed by atoms with Gasteiger partial charge in [0.1, 0.15) is 0 Å². The van der Waals surface area contributed by atoms with Gasteiger partial charge in [-0.2, -0.15) is 0 Å². The second-order valence-corrected chi connectivity index (χ2v) is 6.10. The maximum atomic E-state index is 5.76. The minimum Gasteiger partial charge on any atom is -0.324 e. The Bertz CT molecular complexity index is 240. The Kier molecular flexibility index (Phi) is 3.62. The van der Waals surface area contributed by atoms with Crippen molar-refractivity contribution in [2.75, 3.05) is 0 Å². The van der Waals surface area contributed by atoms with Crippen LogP contribution >= 0.6 is 23.1 Å². The molecule has 0 aliphatic rings. The summed E-state index contributed by atoms with van der Waals surface area (Å²) in [4.78, 5) is 1.28. The van der Waals surface area contributed by atoms with Crippen molar-refractivity contribution in [3.63, 3.8) is 0 Å². The molecule has 2 N–H and O–H groups in total. The summed E-state index contributed by atoms with van der Waals surface area (Å²) < 4.78 is 1.37. The molecule has 0 fully saturated rings. The van der Waals surface area contributed by atoms with Gasteiger partial charge < -0.3 is 5.73 Å². The van der Waals surface area contributed by atoms with Gasteiger partial charge in [0, 0.05) is 16.2 Å². The van der Waals surface area contributed by atoms with E-state index < -0.39 is 0 Å². The van der Waals surface area contributed by atoms with Gasteiger partial charge >= 0.3 is 0 Å². The number of rotatable bonds is 3. The fraction of sp³-hybridized carbons (Fsp3) is 0.556. The van der Waals surface area contributed by atoms with Gasteiger partial charge in [-0.3, -0.25) is 0 Å². The molecule has 0 saturated heterocycles. The van der Waals surface area contributed by atoms with Gasteiger partial charge in [-0.05, 0) is 19.1 Å². The molecule has 1 atom stereocenters. The third-order valence-electron chi connectivity index (χ3n) is 1.40. The lowest BCUT2D eigenvalue weighted by Gasteiger charge is -2.01. The Labute approximate surface area is 82.4 Å². The molecule has 68 valence electrons. The average Bonchev–Trinajstić information content (AvgIpc) is 2.34. The second kappa shape index (κ2) is 4.30. The highest BCUT2D eigenvalue weighted by molar-refractivity contribution is 8.01. The monoisotopic (exact) mass is 201 g/mol. The molecule has 1 rings (SSSR count). The van der Waals surface area contributed by atoms with E-state index in [1.165, 1.54) is 9.09 Å². The lowest BCUT2D eigenvalue weighted by molar-refractivity contribution is 0.838. The Morgan fingerprint density at radius 2 is 2.00 bits per heavy atom. The zero-order valence-electron chi connectivity index (χ0n) is 7.70. The Balaban J connectivity index is 2.64. The van der Waals surface area contributed by atoms with Gasteiger partial charge in [0.05, 0.1) is 4.21 Å². The summed E-state index contributed by atoms with van der Waals surface area (Å²) >= 11 is 3.71. The van der Waals surface area contributed by atoms with E-state index in [0.29, 0.717) is 5.25 Å². The van der Waals surface area contributed by atoms with Crippen LogP contribution in [0.3, 0.4) is 0 Å². The molecule has 1 aromatic rings. The van der Waals surface area contributed by atoms with E-state index >= 15 is 0 Å². The molecule has 0 amide bonds. The highest BCUT2D eigenvalue weighted by Crippen LogP contribution is 2.32. The maximum Gasteiger partial charge on any atom is 0.0604 e. The van der Waals surface area contributed by atoms with Crippen LogP contribution < -0.4 is 5.73 Å². The van der Waals surface area contributed by atoms with Gasteiger partial charge in [0.2, 0.25) is 0 Å². The number of nitrogens with two attached hydrogens (primary N) is 1. The lowest BCUT2D eigenvalue weighted by atomic mass is 10.3. The summed E-state index contributed by atoms with van der Waals surface area (Å²) in [6, 6.07) is 4.46. The molecular weight excluding hydrogens is 186 g/mol. The highest BCUT2D eigenvalue weighted by atomic mass is 32.2. The van der Waals surface area contributed by atoms with Crippen molar-refractivity contribution in [2.45, 2.75) is 36.3 Å². The normalized spacial score (nSPS) is 13.8. The first kappa shape index (κ1) is 10.1. The average molecular weight is 201 g/mol. The zero-order valence-corrected chi connectivity index (χ0v) is 9.34. The summed E-state index contributed by atoms with van der Waals surface area (Å²) in [6.45, 7) is 6.43. The van der Waals surface area contributed by atoms with Crippen molar-refractivity contribution in [3.05, 3.63) is 17.0 Å². The largest absolute Gasteiger partial charge is 0.324 e. The van der Waals surface area contributed by atoms with E-state index in [9.17, 15) is 0 Å². The summed E-state index contributed by atoms with van der Waals surface area (Å²) in [5, 5.41) is 0.657. The van der Waals surface area contributed by atoms with E-state index in [4.69, 9.17) is 5.73 Å². The summed E-state index contributed by atoms with van der Waals surface area (Å²) in [5.41, 5.74) is 5.76. The summed E-state index contributed by atoms with van der Waals surface area (Å²) in [7, 11) is 0. The molecule has 0 spiro atoms. The van der Waals surface area contributed by atoms with Crippen molar-refractivity contribution in [3.8, 4) is 0 Å². The smallest absolute Gasteiger partial charge is 0.0604 e. The molecular formula is C9H15NS2. The van der Waals surface area contributed by atoms with Crippen LogP contribution in [0.2, 0.25) is 0 Å². The van der Waals surface area contributed by atoms with Gasteiger partial charge in [0.15, 0.2) is 0 Å². The minimum atomic E-state index is 0.177. The first-order valence-corrected chi connectivity index (χ1v) is 5.81.